The molecule has 0 aromatic heterocycles. The topological polar surface area (TPSA) is 35.2 Å². The second-order valence-electron chi connectivity index (χ2n) is 5.27. The van der Waals surface area contributed by atoms with Gasteiger partial charge in [-0.2, -0.15) is 0 Å². The van der Waals surface area contributed by atoms with E-state index in [9.17, 15) is 0 Å². The van der Waals surface area contributed by atoms with Crippen molar-refractivity contribution in [3.05, 3.63) is 0 Å². The van der Waals surface area contributed by atoms with Crippen LogP contribution in [0.4, 0.5) is 0 Å². The quantitative estimate of drug-likeness (QED) is 0.776. The molecule has 0 radical (unpaired) electrons. The molecule has 0 aromatic carbocycles. The SMILES string of the molecule is NC(CCC1CCCCO1)C1CCCC1. The molecular formula is C13H25NO. The zero-order chi connectivity index (χ0) is 10.5. The fourth-order valence-electron chi connectivity index (χ4n) is 3.03. The van der Waals surface area contributed by atoms with Crippen molar-refractivity contribution in [1.29, 1.82) is 0 Å². The van der Waals surface area contributed by atoms with Crippen LogP contribution in [-0.2, 0) is 4.74 Å². The molecule has 1 saturated carbocycles. The smallest absolute Gasteiger partial charge is 0.0575 e. The lowest BCUT2D eigenvalue weighted by molar-refractivity contribution is 0.00831. The molecule has 1 aliphatic heterocycles. The number of rotatable bonds is 4. The van der Waals surface area contributed by atoms with Crippen molar-refractivity contribution in [2.75, 3.05) is 6.61 Å². The summed E-state index contributed by atoms with van der Waals surface area (Å²) in [5.41, 5.74) is 6.24. The van der Waals surface area contributed by atoms with E-state index in [1.807, 2.05) is 0 Å². The van der Waals surface area contributed by atoms with Gasteiger partial charge in [-0.1, -0.05) is 12.8 Å². The third-order valence-electron chi connectivity index (χ3n) is 4.10. The molecule has 2 aliphatic rings. The minimum absolute atomic E-state index is 0.443. The molecule has 1 saturated heterocycles. The van der Waals surface area contributed by atoms with E-state index in [0.717, 1.165) is 12.5 Å². The minimum Gasteiger partial charge on any atom is -0.378 e. The first-order valence-electron chi connectivity index (χ1n) is 6.73. The van der Waals surface area contributed by atoms with Gasteiger partial charge < -0.3 is 10.5 Å². The largest absolute Gasteiger partial charge is 0.378 e. The highest BCUT2D eigenvalue weighted by Crippen LogP contribution is 2.29. The third-order valence-corrected chi connectivity index (χ3v) is 4.10. The van der Waals surface area contributed by atoms with Gasteiger partial charge in [-0.15, -0.1) is 0 Å². The highest BCUT2D eigenvalue weighted by atomic mass is 16.5. The fraction of sp³-hybridized carbons (Fsp3) is 1.00. The summed E-state index contributed by atoms with van der Waals surface area (Å²) in [5.74, 6) is 0.814. The second-order valence-corrected chi connectivity index (χ2v) is 5.27. The molecule has 2 atom stereocenters. The van der Waals surface area contributed by atoms with Crippen LogP contribution in [0.5, 0.6) is 0 Å². The maximum absolute atomic E-state index is 6.24. The summed E-state index contributed by atoms with van der Waals surface area (Å²) in [4.78, 5) is 0. The Hall–Kier alpha value is -0.0800. The Morgan fingerprint density at radius 2 is 1.80 bits per heavy atom. The number of hydrogen-bond acceptors (Lipinski definition) is 2. The molecule has 1 aliphatic carbocycles. The van der Waals surface area contributed by atoms with Crippen LogP contribution in [0, 0.1) is 5.92 Å². The van der Waals surface area contributed by atoms with E-state index >= 15 is 0 Å². The Morgan fingerprint density at radius 1 is 1.07 bits per heavy atom. The molecule has 2 fully saturated rings. The summed E-state index contributed by atoms with van der Waals surface area (Å²) in [5, 5.41) is 0. The molecule has 0 amide bonds. The van der Waals surface area contributed by atoms with Crippen LogP contribution in [-0.4, -0.2) is 18.8 Å². The summed E-state index contributed by atoms with van der Waals surface area (Å²) >= 11 is 0. The van der Waals surface area contributed by atoms with Crippen LogP contribution in [0.3, 0.4) is 0 Å². The van der Waals surface area contributed by atoms with E-state index in [4.69, 9.17) is 10.5 Å². The first-order valence-corrected chi connectivity index (χ1v) is 6.73. The zero-order valence-electron chi connectivity index (χ0n) is 9.79. The van der Waals surface area contributed by atoms with E-state index in [-0.39, 0.29) is 0 Å². The van der Waals surface area contributed by atoms with Gasteiger partial charge in [-0.3, -0.25) is 0 Å². The van der Waals surface area contributed by atoms with Crippen LogP contribution in [0.1, 0.15) is 57.8 Å². The molecule has 2 rings (SSSR count). The van der Waals surface area contributed by atoms with Crippen molar-refractivity contribution in [3.8, 4) is 0 Å². The van der Waals surface area contributed by atoms with Gasteiger partial charge in [-0.05, 0) is 50.9 Å². The van der Waals surface area contributed by atoms with E-state index in [1.165, 1.54) is 57.8 Å². The Morgan fingerprint density at radius 3 is 2.47 bits per heavy atom. The molecule has 2 heteroatoms. The summed E-state index contributed by atoms with van der Waals surface area (Å²) in [6.07, 6.45) is 12.3. The first kappa shape index (κ1) is 11.4. The average molecular weight is 211 g/mol. The summed E-state index contributed by atoms with van der Waals surface area (Å²) in [6.45, 7) is 0.976. The van der Waals surface area contributed by atoms with Crippen molar-refractivity contribution in [2.45, 2.75) is 69.9 Å². The molecule has 2 N–H and O–H groups in total. The Bertz CT molecular complexity index is 171. The maximum atomic E-state index is 6.24. The Kier molecular flexibility index (Phi) is 4.45. The molecule has 15 heavy (non-hydrogen) atoms. The molecular weight excluding hydrogens is 186 g/mol. The molecule has 2 nitrogen and oxygen atoms in total. The van der Waals surface area contributed by atoms with Gasteiger partial charge in [0.2, 0.25) is 0 Å². The van der Waals surface area contributed by atoms with Gasteiger partial charge in [0.05, 0.1) is 6.10 Å². The summed E-state index contributed by atoms with van der Waals surface area (Å²) in [6, 6.07) is 0.443. The lowest BCUT2D eigenvalue weighted by atomic mass is 9.92. The predicted octanol–water partition coefficient (Wildman–Crippen LogP) is 2.85. The van der Waals surface area contributed by atoms with Gasteiger partial charge in [-0.25, -0.2) is 0 Å². The van der Waals surface area contributed by atoms with Crippen LogP contribution in [0.15, 0.2) is 0 Å². The van der Waals surface area contributed by atoms with Crippen molar-refractivity contribution in [2.24, 2.45) is 11.7 Å². The molecule has 0 bridgehead atoms. The Labute approximate surface area is 93.6 Å². The number of nitrogens with two attached hydrogens (primary N) is 1. The first-order chi connectivity index (χ1) is 7.36. The second kappa shape index (κ2) is 5.86. The standard InChI is InChI=1S/C13H25NO/c14-13(11-5-1-2-6-11)9-8-12-7-3-4-10-15-12/h11-13H,1-10,14H2. The number of hydrogen-bond donors (Lipinski definition) is 1. The van der Waals surface area contributed by atoms with E-state index in [2.05, 4.69) is 0 Å². The maximum Gasteiger partial charge on any atom is 0.0575 e. The molecule has 0 aromatic rings. The van der Waals surface area contributed by atoms with Crippen molar-refractivity contribution in [3.63, 3.8) is 0 Å². The average Bonchev–Trinajstić information content (AvgIpc) is 2.81. The van der Waals surface area contributed by atoms with Gasteiger partial charge in [0.15, 0.2) is 0 Å². The number of ether oxygens (including phenoxy) is 1. The zero-order valence-corrected chi connectivity index (χ0v) is 9.79. The third kappa shape index (κ3) is 3.46. The Balaban J connectivity index is 1.63. The van der Waals surface area contributed by atoms with Crippen LogP contribution < -0.4 is 5.73 Å². The van der Waals surface area contributed by atoms with E-state index in [1.54, 1.807) is 0 Å². The summed E-state index contributed by atoms with van der Waals surface area (Å²) < 4.78 is 5.74. The summed E-state index contributed by atoms with van der Waals surface area (Å²) in [7, 11) is 0. The predicted molar refractivity (Wildman–Crippen MR) is 62.8 cm³/mol. The highest BCUT2D eigenvalue weighted by molar-refractivity contribution is 4.79. The molecule has 0 spiro atoms. The van der Waals surface area contributed by atoms with E-state index in [0.29, 0.717) is 12.1 Å². The normalized spacial score (nSPS) is 30.6. The van der Waals surface area contributed by atoms with Crippen molar-refractivity contribution >= 4 is 0 Å². The van der Waals surface area contributed by atoms with Crippen molar-refractivity contribution < 1.29 is 4.74 Å². The van der Waals surface area contributed by atoms with E-state index < -0.39 is 0 Å². The van der Waals surface area contributed by atoms with Gasteiger partial charge in [0.1, 0.15) is 0 Å². The van der Waals surface area contributed by atoms with Crippen molar-refractivity contribution in [1.82, 2.24) is 0 Å². The fourth-order valence-corrected chi connectivity index (χ4v) is 3.03. The van der Waals surface area contributed by atoms with Crippen LogP contribution in [0.2, 0.25) is 0 Å². The van der Waals surface area contributed by atoms with Gasteiger partial charge in [0.25, 0.3) is 0 Å². The lowest BCUT2D eigenvalue weighted by Crippen LogP contribution is -2.30. The van der Waals surface area contributed by atoms with Crippen LogP contribution in [0.25, 0.3) is 0 Å². The van der Waals surface area contributed by atoms with Gasteiger partial charge in [0, 0.05) is 12.6 Å². The molecule has 88 valence electrons. The monoisotopic (exact) mass is 211 g/mol. The highest BCUT2D eigenvalue weighted by Gasteiger charge is 2.23. The minimum atomic E-state index is 0.443. The lowest BCUT2D eigenvalue weighted by Gasteiger charge is -2.25. The van der Waals surface area contributed by atoms with Gasteiger partial charge >= 0.3 is 0 Å². The molecule has 1 heterocycles. The molecule has 2 unspecified atom stereocenters. The van der Waals surface area contributed by atoms with Crippen LogP contribution >= 0.6 is 0 Å².